The average Bonchev–Trinajstić information content (AvgIpc) is 2.29. The minimum Gasteiger partial charge on any atom is -0.496 e. The molecule has 0 saturated heterocycles. The van der Waals surface area contributed by atoms with Gasteiger partial charge in [0.05, 0.1) is 13.7 Å². The molecule has 1 aromatic carbocycles. The van der Waals surface area contributed by atoms with Gasteiger partial charge in [-0.1, -0.05) is 13.0 Å². The lowest BCUT2D eigenvalue weighted by Crippen LogP contribution is -2.19. The summed E-state index contributed by atoms with van der Waals surface area (Å²) in [5, 5.41) is 9.11. The smallest absolute Gasteiger partial charge is 0.123 e. The Morgan fingerprint density at radius 2 is 2.12 bits per heavy atom. The molecule has 0 bridgehead atoms. The van der Waals surface area contributed by atoms with Crippen LogP contribution in [0.15, 0.2) is 18.2 Å². The summed E-state index contributed by atoms with van der Waals surface area (Å²) in [5.74, 6) is 0.889. The molecule has 90 valence electrons. The summed E-state index contributed by atoms with van der Waals surface area (Å²) in [6.45, 7) is 4.16. The summed E-state index contributed by atoms with van der Waals surface area (Å²) in [7, 11) is 3.77. The fourth-order valence-corrected chi connectivity index (χ4v) is 1.81. The second-order valence-electron chi connectivity index (χ2n) is 4.04. The number of ether oxygens (including phenoxy) is 1. The van der Waals surface area contributed by atoms with Crippen molar-refractivity contribution >= 4 is 0 Å². The molecular weight excluding hydrogens is 202 g/mol. The lowest BCUT2D eigenvalue weighted by Gasteiger charge is -2.18. The van der Waals surface area contributed by atoms with E-state index in [2.05, 4.69) is 18.9 Å². The fourth-order valence-electron chi connectivity index (χ4n) is 1.81. The van der Waals surface area contributed by atoms with Crippen molar-refractivity contribution in [1.82, 2.24) is 4.90 Å². The molecule has 0 atom stereocenters. The highest BCUT2D eigenvalue weighted by Crippen LogP contribution is 2.21. The number of methoxy groups -OCH3 is 1. The molecule has 0 spiro atoms. The third-order valence-corrected chi connectivity index (χ3v) is 2.57. The molecule has 1 aromatic rings. The van der Waals surface area contributed by atoms with Crippen molar-refractivity contribution in [2.75, 3.05) is 20.7 Å². The van der Waals surface area contributed by atoms with Crippen molar-refractivity contribution in [3.8, 4) is 5.75 Å². The molecule has 0 aliphatic heterocycles. The number of nitrogens with zero attached hydrogens (tertiary/aromatic N) is 1. The van der Waals surface area contributed by atoms with Gasteiger partial charge >= 0.3 is 0 Å². The van der Waals surface area contributed by atoms with Gasteiger partial charge in [0.2, 0.25) is 0 Å². The molecular formula is C13H21NO2. The van der Waals surface area contributed by atoms with Gasteiger partial charge in [-0.2, -0.15) is 0 Å². The predicted octanol–water partition coefficient (Wildman–Crippen LogP) is 2.03. The predicted molar refractivity (Wildman–Crippen MR) is 65.5 cm³/mol. The van der Waals surface area contributed by atoms with E-state index in [0.29, 0.717) is 0 Å². The summed E-state index contributed by atoms with van der Waals surface area (Å²) in [6.07, 6.45) is 1.14. The highest BCUT2D eigenvalue weighted by molar-refractivity contribution is 5.37. The third-order valence-electron chi connectivity index (χ3n) is 2.57. The highest BCUT2D eigenvalue weighted by atomic mass is 16.5. The molecule has 0 aromatic heterocycles. The Kier molecular flexibility index (Phi) is 5.29. The Balaban J connectivity index is 2.82. The SMILES string of the molecule is CCCN(C)Cc1cc(CO)ccc1OC. The zero-order chi connectivity index (χ0) is 12.0. The number of aliphatic hydroxyl groups is 1. The summed E-state index contributed by atoms with van der Waals surface area (Å²) in [4.78, 5) is 2.25. The first kappa shape index (κ1) is 13.0. The van der Waals surface area contributed by atoms with E-state index in [4.69, 9.17) is 9.84 Å². The fraction of sp³-hybridized carbons (Fsp3) is 0.538. The van der Waals surface area contributed by atoms with Crippen LogP contribution in [0, 0.1) is 0 Å². The van der Waals surface area contributed by atoms with Crippen molar-refractivity contribution in [3.63, 3.8) is 0 Å². The van der Waals surface area contributed by atoms with Gasteiger partial charge in [0.1, 0.15) is 5.75 Å². The van der Waals surface area contributed by atoms with E-state index in [-0.39, 0.29) is 6.61 Å². The molecule has 0 heterocycles. The number of hydrogen-bond acceptors (Lipinski definition) is 3. The van der Waals surface area contributed by atoms with Crippen molar-refractivity contribution in [1.29, 1.82) is 0 Å². The third kappa shape index (κ3) is 3.51. The monoisotopic (exact) mass is 223 g/mol. The van der Waals surface area contributed by atoms with Crippen LogP contribution in [0.25, 0.3) is 0 Å². The summed E-state index contributed by atoms with van der Waals surface area (Å²) < 4.78 is 5.32. The van der Waals surface area contributed by atoms with E-state index >= 15 is 0 Å². The molecule has 16 heavy (non-hydrogen) atoms. The zero-order valence-corrected chi connectivity index (χ0v) is 10.4. The maximum absolute atomic E-state index is 9.11. The van der Waals surface area contributed by atoms with Gasteiger partial charge < -0.3 is 14.7 Å². The van der Waals surface area contributed by atoms with Crippen LogP contribution in [0.4, 0.5) is 0 Å². The number of rotatable bonds is 6. The Labute approximate surface area is 97.7 Å². The van der Waals surface area contributed by atoms with Crippen LogP contribution in [0.3, 0.4) is 0 Å². The first-order chi connectivity index (χ1) is 7.71. The average molecular weight is 223 g/mol. The van der Waals surface area contributed by atoms with Crippen molar-refractivity contribution in [2.24, 2.45) is 0 Å². The number of hydrogen-bond donors (Lipinski definition) is 1. The topological polar surface area (TPSA) is 32.7 Å². The molecule has 0 radical (unpaired) electrons. The summed E-state index contributed by atoms with van der Waals surface area (Å²) in [6, 6.07) is 5.81. The van der Waals surface area contributed by atoms with Crippen molar-refractivity contribution < 1.29 is 9.84 Å². The maximum atomic E-state index is 9.11. The van der Waals surface area contributed by atoms with Crippen LogP contribution >= 0.6 is 0 Å². The normalized spacial score (nSPS) is 10.8. The Bertz CT molecular complexity index is 326. The lowest BCUT2D eigenvalue weighted by atomic mass is 10.1. The molecule has 0 aliphatic rings. The molecule has 0 saturated carbocycles. The molecule has 0 unspecified atom stereocenters. The van der Waals surface area contributed by atoms with E-state index in [1.807, 2.05) is 18.2 Å². The van der Waals surface area contributed by atoms with Gasteiger partial charge in [0, 0.05) is 12.1 Å². The molecule has 1 N–H and O–H groups in total. The number of benzene rings is 1. The highest BCUT2D eigenvalue weighted by Gasteiger charge is 2.06. The van der Waals surface area contributed by atoms with E-state index in [9.17, 15) is 0 Å². The van der Waals surface area contributed by atoms with Gasteiger partial charge in [-0.3, -0.25) is 0 Å². The van der Waals surface area contributed by atoms with Crippen LogP contribution in [0.1, 0.15) is 24.5 Å². The van der Waals surface area contributed by atoms with Gasteiger partial charge in [-0.05, 0) is 37.7 Å². The van der Waals surface area contributed by atoms with Gasteiger partial charge in [-0.15, -0.1) is 0 Å². The van der Waals surface area contributed by atoms with E-state index in [1.54, 1.807) is 7.11 Å². The minimum atomic E-state index is 0.0779. The van der Waals surface area contributed by atoms with Crippen LogP contribution in [-0.2, 0) is 13.2 Å². The number of aliphatic hydroxyl groups excluding tert-OH is 1. The standard InChI is InChI=1S/C13H21NO2/c1-4-7-14(2)9-12-8-11(10-15)5-6-13(12)16-3/h5-6,8,15H,4,7,9-10H2,1-3H3. The van der Waals surface area contributed by atoms with Crippen LogP contribution in [-0.4, -0.2) is 30.7 Å². The second kappa shape index (κ2) is 6.51. The quantitative estimate of drug-likeness (QED) is 0.801. The van der Waals surface area contributed by atoms with E-state index < -0.39 is 0 Å². The summed E-state index contributed by atoms with van der Waals surface area (Å²) in [5.41, 5.74) is 2.06. The van der Waals surface area contributed by atoms with Crippen LogP contribution < -0.4 is 4.74 Å². The largest absolute Gasteiger partial charge is 0.496 e. The maximum Gasteiger partial charge on any atom is 0.123 e. The van der Waals surface area contributed by atoms with Gasteiger partial charge in [0.25, 0.3) is 0 Å². The Morgan fingerprint density at radius 3 is 2.69 bits per heavy atom. The van der Waals surface area contributed by atoms with Crippen LogP contribution in [0.5, 0.6) is 5.75 Å². The Morgan fingerprint density at radius 1 is 1.38 bits per heavy atom. The molecule has 0 amide bonds. The molecule has 1 rings (SSSR count). The van der Waals surface area contributed by atoms with Crippen molar-refractivity contribution in [2.45, 2.75) is 26.5 Å². The van der Waals surface area contributed by atoms with E-state index in [0.717, 1.165) is 36.4 Å². The van der Waals surface area contributed by atoms with Gasteiger partial charge in [0.15, 0.2) is 0 Å². The second-order valence-corrected chi connectivity index (χ2v) is 4.04. The van der Waals surface area contributed by atoms with Gasteiger partial charge in [-0.25, -0.2) is 0 Å². The lowest BCUT2D eigenvalue weighted by molar-refractivity contribution is 0.280. The Hall–Kier alpha value is -1.06. The first-order valence-corrected chi connectivity index (χ1v) is 5.66. The zero-order valence-electron chi connectivity index (χ0n) is 10.4. The molecule has 0 aliphatic carbocycles. The molecule has 0 fully saturated rings. The first-order valence-electron chi connectivity index (χ1n) is 5.66. The minimum absolute atomic E-state index is 0.0779. The van der Waals surface area contributed by atoms with E-state index in [1.165, 1.54) is 0 Å². The molecule has 3 nitrogen and oxygen atoms in total. The molecule has 3 heteroatoms. The summed E-state index contributed by atoms with van der Waals surface area (Å²) >= 11 is 0. The van der Waals surface area contributed by atoms with Crippen LogP contribution in [0.2, 0.25) is 0 Å². The van der Waals surface area contributed by atoms with Crippen molar-refractivity contribution in [3.05, 3.63) is 29.3 Å².